The van der Waals surface area contributed by atoms with Gasteiger partial charge in [-0.05, 0) is 26.3 Å². The molecule has 37 heavy (non-hydrogen) atoms. The summed E-state index contributed by atoms with van der Waals surface area (Å²) < 4.78 is 27.0. The molecule has 13 heteroatoms. The maximum absolute atomic E-state index is 12.9. The van der Waals surface area contributed by atoms with Crippen molar-refractivity contribution < 1.29 is 43.2 Å². The van der Waals surface area contributed by atoms with Crippen molar-refractivity contribution in [3.05, 3.63) is 0 Å². The van der Waals surface area contributed by atoms with Crippen LogP contribution >= 0.6 is 0 Å². The molecule has 0 rings (SSSR count). The predicted molar refractivity (Wildman–Crippen MR) is 142 cm³/mol. The molecule has 218 valence electrons. The Morgan fingerprint density at radius 2 is 1.35 bits per heavy atom. The van der Waals surface area contributed by atoms with Crippen molar-refractivity contribution in [3.63, 3.8) is 0 Å². The van der Waals surface area contributed by atoms with Crippen LogP contribution in [0.25, 0.3) is 0 Å². The Morgan fingerprint density at radius 3 is 1.78 bits per heavy atom. The first-order valence-electron chi connectivity index (χ1n) is 12.7. The molecule has 0 aliphatic rings. The van der Waals surface area contributed by atoms with Gasteiger partial charge in [0.25, 0.3) is 0 Å². The van der Waals surface area contributed by atoms with Crippen LogP contribution in [-0.4, -0.2) is 108 Å². The number of hydrogen-bond acceptors (Lipinski definition) is 9. The lowest BCUT2D eigenvalue weighted by atomic mass is 10.2. The van der Waals surface area contributed by atoms with Crippen LogP contribution in [-0.2, 0) is 33.3 Å². The Labute approximate surface area is 222 Å². The third-order valence-electron chi connectivity index (χ3n) is 5.41. The molecule has 0 aromatic rings. The molecule has 0 heterocycles. The molecule has 0 aliphatic carbocycles. The monoisotopic (exact) mass is 551 g/mol. The minimum atomic E-state index is -1.63. The highest BCUT2D eigenvalue weighted by Crippen LogP contribution is 2.25. The molecule has 0 saturated carbocycles. The van der Waals surface area contributed by atoms with Gasteiger partial charge < -0.3 is 45.2 Å². The largest absolute Gasteiger partial charge is 0.481 e. The lowest BCUT2D eigenvalue weighted by Crippen LogP contribution is -2.56. The number of carboxylic acids is 1. The first kappa shape index (κ1) is 35.2. The first-order valence-corrected chi connectivity index (χ1v) is 16.3. The zero-order valence-electron chi connectivity index (χ0n) is 23.6. The molecular weight excluding hydrogens is 502 g/mol. The molecule has 0 aromatic heterocycles. The summed E-state index contributed by atoms with van der Waals surface area (Å²) in [6, 6.07) is -1.17. The third-order valence-corrected chi connectivity index (χ3v) is 8.55. The first-order chi connectivity index (χ1) is 17.2. The Morgan fingerprint density at radius 1 is 0.865 bits per heavy atom. The summed E-state index contributed by atoms with van der Waals surface area (Å²) in [6.07, 6.45) is -0.725. The zero-order valence-corrected chi connectivity index (χ0v) is 24.6. The molecule has 0 fully saturated rings. The van der Waals surface area contributed by atoms with Crippen LogP contribution in [0.1, 0.15) is 34.1 Å². The topological polar surface area (TPSA) is 168 Å². The van der Waals surface area contributed by atoms with Crippen molar-refractivity contribution in [1.82, 2.24) is 10.6 Å². The normalized spacial score (nSPS) is 14.5. The van der Waals surface area contributed by atoms with Crippen molar-refractivity contribution >= 4 is 26.0 Å². The van der Waals surface area contributed by atoms with E-state index < -0.39 is 31.8 Å². The second-order valence-corrected chi connectivity index (χ2v) is 16.4. The molecule has 0 spiro atoms. The highest BCUT2D eigenvalue weighted by atomic mass is 28.3. The van der Waals surface area contributed by atoms with Crippen molar-refractivity contribution in [2.45, 2.75) is 77.0 Å². The molecule has 12 nitrogen and oxygen atoms in total. The number of carbonyl (C=O) groups is 3. The van der Waals surface area contributed by atoms with Gasteiger partial charge in [0.2, 0.25) is 5.91 Å². The van der Waals surface area contributed by atoms with Gasteiger partial charge in [-0.2, -0.15) is 0 Å². The molecule has 0 saturated heterocycles. The van der Waals surface area contributed by atoms with Gasteiger partial charge in [0.1, 0.15) is 11.6 Å². The molecule has 2 unspecified atom stereocenters. The second-order valence-electron chi connectivity index (χ2n) is 10.8. The summed E-state index contributed by atoms with van der Waals surface area (Å²) in [6.45, 7) is 16.6. The van der Waals surface area contributed by atoms with Crippen LogP contribution in [0.4, 0.5) is 4.79 Å². The minimum absolute atomic E-state index is 0.0268. The van der Waals surface area contributed by atoms with E-state index in [1.54, 1.807) is 20.8 Å². The number of alkyl carbamates (subject to hydrolysis) is 1. The molecule has 0 bridgehead atoms. The van der Waals surface area contributed by atoms with Crippen molar-refractivity contribution in [2.75, 3.05) is 59.4 Å². The predicted octanol–water partition coefficient (Wildman–Crippen LogP) is 1.59. The van der Waals surface area contributed by atoms with Gasteiger partial charge in [-0.25, -0.2) is 4.79 Å². The summed E-state index contributed by atoms with van der Waals surface area (Å²) in [7, 11) is -1.63. The molecule has 3 atom stereocenters. The van der Waals surface area contributed by atoms with Gasteiger partial charge in [0.05, 0.1) is 65.3 Å². The Bertz CT molecular complexity index is 669. The molecular formula is C24H49N3O9Si. The van der Waals surface area contributed by atoms with E-state index in [-0.39, 0.29) is 37.1 Å². The van der Waals surface area contributed by atoms with E-state index in [0.29, 0.717) is 46.2 Å². The van der Waals surface area contributed by atoms with E-state index in [2.05, 4.69) is 37.2 Å². The van der Waals surface area contributed by atoms with Crippen LogP contribution in [0.15, 0.2) is 0 Å². The number of nitrogens with one attached hydrogen (secondary N) is 2. The van der Waals surface area contributed by atoms with Crippen molar-refractivity contribution in [1.29, 1.82) is 0 Å². The maximum Gasteiger partial charge on any atom is 0.408 e. The standard InChI is InChI=1S/C24H49N3O9Si/c1-18(37(5,6)7)20(26-22(30)19(16-25)27-23(31)36-24(2,3)4)17-35-15-14-34-13-12-33-11-10-32-9-8-21(28)29/h18-20H,8-17,25H2,1-7H3,(H,26,30)(H,27,31)(H,28,29)/t18?,19-,20?/m1/s1. The van der Waals surface area contributed by atoms with Gasteiger partial charge >= 0.3 is 12.1 Å². The Balaban J connectivity index is 4.43. The van der Waals surface area contributed by atoms with Crippen LogP contribution in [0.3, 0.4) is 0 Å². The number of amides is 2. The fourth-order valence-electron chi connectivity index (χ4n) is 2.91. The number of rotatable bonds is 20. The molecule has 0 aromatic carbocycles. The van der Waals surface area contributed by atoms with E-state index in [1.165, 1.54) is 0 Å². The third kappa shape index (κ3) is 19.0. The lowest BCUT2D eigenvalue weighted by Gasteiger charge is -2.34. The fourth-order valence-corrected chi connectivity index (χ4v) is 4.30. The highest BCUT2D eigenvalue weighted by Gasteiger charge is 2.33. The average Bonchev–Trinajstić information content (AvgIpc) is 2.77. The van der Waals surface area contributed by atoms with Crippen molar-refractivity contribution in [2.24, 2.45) is 5.73 Å². The molecule has 2 amide bonds. The van der Waals surface area contributed by atoms with E-state index in [9.17, 15) is 14.4 Å². The number of ether oxygens (including phenoxy) is 5. The van der Waals surface area contributed by atoms with Crippen LogP contribution in [0.2, 0.25) is 25.2 Å². The second kappa shape index (κ2) is 18.5. The number of aliphatic carboxylic acids is 1. The summed E-state index contributed by atoms with van der Waals surface area (Å²) in [5, 5.41) is 14.1. The van der Waals surface area contributed by atoms with Gasteiger partial charge in [-0.15, -0.1) is 0 Å². The number of hydrogen-bond donors (Lipinski definition) is 4. The summed E-state index contributed by atoms with van der Waals surface area (Å²) in [5.74, 6) is -1.28. The average molecular weight is 552 g/mol. The van der Waals surface area contributed by atoms with Crippen LogP contribution in [0.5, 0.6) is 0 Å². The zero-order chi connectivity index (χ0) is 28.5. The molecule has 0 radical (unpaired) electrons. The SMILES string of the molecule is CC(C(COCCOCCOCCOCCC(=O)O)NC(=O)[C@@H](CN)NC(=O)OC(C)(C)C)[Si](C)(C)C. The van der Waals surface area contributed by atoms with Gasteiger partial charge in [-0.1, -0.05) is 26.6 Å². The fraction of sp³-hybridized carbons (Fsp3) is 0.875. The van der Waals surface area contributed by atoms with E-state index in [1.807, 2.05) is 0 Å². The maximum atomic E-state index is 12.9. The quantitative estimate of drug-likeness (QED) is 0.129. The molecule has 0 aliphatic heterocycles. The van der Waals surface area contributed by atoms with Gasteiger partial charge in [0.15, 0.2) is 0 Å². The lowest BCUT2D eigenvalue weighted by molar-refractivity contribution is -0.138. The van der Waals surface area contributed by atoms with Gasteiger partial charge in [-0.3, -0.25) is 9.59 Å². The van der Waals surface area contributed by atoms with Crippen molar-refractivity contribution in [3.8, 4) is 0 Å². The highest BCUT2D eigenvalue weighted by molar-refractivity contribution is 6.77. The molecule has 5 N–H and O–H groups in total. The van der Waals surface area contributed by atoms with E-state index in [4.69, 9.17) is 34.5 Å². The van der Waals surface area contributed by atoms with Gasteiger partial charge in [0, 0.05) is 14.6 Å². The number of carbonyl (C=O) groups excluding carboxylic acids is 2. The Kier molecular flexibility index (Phi) is 17.6. The van der Waals surface area contributed by atoms with Crippen LogP contribution in [0, 0.1) is 0 Å². The van der Waals surface area contributed by atoms with E-state index in [0.717, 1.165) is 0 Å². The minimum Gasteiger partial charge on any atom is -0.481 e. The number of nitrogens with two attached hydrogens (primary N) is 1. The number of carboxylic acid groups (broad SMARTS) is 1. The smallest absolute Gasteiger partial charge is 0.408 e. The summed E-state index contributed by atoms with van der Waals surface area (Å²) in [4.78, 5) is 35.4. The summed E-state index contributed by atoms with van der Waals surface area (Å²) >= 11 is 0. The van der Waals surface area contributed by atoms with E-state index >= 15 is 0 Å². The Hall–Kier alpha value is -1.77. The summed E-state index contributed by atoms with van der Waals surface area (Å²) in [5.41, 5.74) is 5.26. The van der Waals surface area contributed by atoms with Crippen LogP contribution < -0.4 is 16.4 Å².